The van der Waals surface area contributed by atoms with Gasteiger partial charge in [0.05, 0.1) is 0 Å². The van der Waals surface area contributed by atoms with E-state index in [-0.39, 0.29) is 11.4 Å². The molecular formula is C15H19ClN2O. The van der Waals surface area contributed by atoms with Gasteiger partial charge in [-0.05, 0) is 44.5 Å². The van der Waals surface area contributed by atoms with Crippen LogP contribution in [0.15, 0.2) is 30.5 Å². The lowest BCUT2D eigenvalue weighted by atomic mass is 10.0. The van der Waals surface area contributed by atoms with E-state index in [9.17, 15) is 4.79 Å². The maximum atomic E-state index is 12.0. The fourth-order valence-corrected chi connectivity index (χ4v) is 2.15. The first-order valence-corrected chi connectivity index (χ1v) is 6.84. The molecule has 3 nitrogen and oxygen atoms in total. The second kappa shape index (κ2) is 5.25. The lowest BCUT2D eigenvalue weighted by Crippen LogP contribution is -2.44. The second-order valence-electron chi connectivity index (χ2n) is 5.43. The fraction of sp³-hybridized carbons (Fsp3) is 0.400. The minimum absolute atomic E-state index is 0.0271. The Kier molecular flexibility index (Phi) is 3.85. The highest BCUT2D eigenvalue weighted by Crippen LogP contribution is 2.20. The largest absolute Gasteiger partial charge is 0.350 e. The van der Waals surface area contributed by atoms with Crippen molar-refractivity contribution in [2.75, 3.05) is 0 Å². The highest BCUT2D eigenvalue weighted by molar-refractivity contribution is 6.31. The molecule has 1 aromatic carbocycles. The zero-order valence-corrected chi connectivity index (χ0v) is 12.3. The SMILES string of the molecule is CCC(C)(C)NC(=O)Cn1ccc2cc(Cl)ccc21. The lowest BCUT2D eigenvalue weighted by molar-refractivity contribution is -0.123. The van der Waals surface area contributed by atoms with Crippen LogP contribution < -0.4 is 5.32 Å². The molecule has 0 fully saturated rings. The molecule has 0 atom stereocenters. The summed E-state index contributed by atoms with van der Waals surface area (Å²) in [4.78, 5) is 12.0. The molecule has 0 aliphatic heterocycles. The van der Waals surface area contributed by atoms with Crippen molar-refractivity contribution < 1.29 is 4.79 Å². The molecule has 19 heavy (non-hydrogen) atoms. The molecule has 0 saturated carbocycles. The quantitative estimate of drug-likeness (QED) is 0.911. The molecule has 2 aromatic rings. The van der Waals surface area contributed by atoms with Gasteiger partial charge in [0.15, 0.2) is 0 Å². The van der Waals surface area contributed by atoms with Crippen molar-refractivity contribution in [3.05, 3.63) is 35.5 Å². The van der Waals surface area contributed by atoms with Gasteiger partial charge in [0.2, 0.25) is 5.91 Å². The normalized spacial score (nSPS) is 11.8. The Morgan fingerprint density at radius 2 is 2.11 bits per heavy atom. The molecule has 102 valence electrons. The van der Waals surface area contributed by atoms with Gasteiger partial charge in [-0.2, -0.15) is 0 Å². The maximum absolute atomic E-state index is 12.0. The summed E-state index contributed by atoms with van der Waals surface area (Å²) in [6.07, 6.45) is 2.82. The Labute approximate surface area is 118 Å². The number of rotatable bonds is 4. The van der Waals surface area contributed by atoms with Crippen molar-refractivity contribution in [2.24, 2.45) is 0 Å². The number of halogens is 1. The molecule has 1 amide bonds. The number of fused-ring (bicyclic) bond motifs is 1. The molecule has 0 aliphatic carbocycles. The summed E-state index contributed by atoms with van der Waals surface area (Å²) in [5, 5.41) is 4.80. The van der Waals surface area contributed by atoms with E-state index in [0.29, 0.717) is 11.6 Å². The van der Waals surface area contributed by atoms with Crippen molar-refractivity contribution in [1.29, 1.82) is 0 Å². The minimum atomic E-state index is -0.163. The maximum Gasteiger partial charge on any atom is 0.240 e. The molecule has 4 heteroatoms. The van der Waals surface area contributed by atoms with Crippen LogP contribution in [0, 0.1) is 0 Å². The van der Waals surface area contributed by atoms with Gasteiger partial charge >= 0.3 is 0 Å². The Bertz CT molecular complexity index is 601. The van der Waals surface area contributed by atoms with E-state index in [2.05, 4.69) is 12.2 Å². The molecule has 1 heterocycles. The molecule has 1 aromatic heterocycles. The van der Waals surface area contributed by atoms with Crippen LogP contribution in [0.25, 0.3) is 10.9 Å². The number of aromatic nitrogens is 1. The third-order valence-corrected chi connectivity index (χ3v) is 3.64. The van der Waals surface area contributed by atoms with Crippen LogP contribution in [-0.2, 0) is 11.3 Å². The third kappa shape index (κ3) is 3.29. The van der Waals surface area contributed by atoms with E-state index >= 15 is 0 Å². The van der Waals surface area contributed by atoms with Crippen LogP contribution in [-0.4, -0.2) is 16.0 Å². The van der Waals surface area contributed by atoms with Gasteiger partial charge in [0.25, 0.3) is 0 Å². The summed E-state index contributed by atoms with van der Waals surface area (Å²) in [6.45, 7) is 6.44. The van der Waals surface area contributed by atoms with E-state index < -0.39 is 0 Å². The number of nitrogens with zero attached hydrogens (tertiary/aromatic N) is 1. The molecule has 1 N–H and O–H groups in total. The standard InChI is InChI=1S/C15H19ClN2O/c1-4-15(2,3)17-14(19)10-18-8-7-11-9-12(16)5-6-13(11)18/h5-9H,4,10H2,1-3H3,(H,17,19). The Morgan fingerprint density at radius 3 is 2.79 bits per heavy atom. The van der Waals surface area contributed by atoms with Crippen molar-refractivity contribution in [2.45, 2.75) is 39.3 Å². The van der Waals surface area contributed by atoms with Gasteiger partial charge < -0.3 is 9.88 Å². The molecule has 0 bridgehead atoms. The molecule has 0 spiro atoms. The lowest BCUT2D eigenvalue weighted by Gasteiger charge is -2.24. The average Bonchev–Trinajstić information content (AvgIpc) is 2.71. The molecule has 0 radical (unpaired) electrons. The van der Waals surface area contributed by atoms with Crippen molar-refractivity contribution in [1.82, 2.24) is 9.88 Å². The van der Waals surface area contributed by atoms with E-state index in [1.54, 1.807) is 0 Å². The van der Waals surface area contributed by atoms with Crippen LogP contribution in [0.1, 0.15) is 27.2 Å². The van der Waals surface area contributed by atoms with Gasteiger partial charge in [-0.1, -0.05) is 18.5 Å². The van der Waals surface area contributed by atoms with Crippen molar-refractivity contribution in [3.63, 3.8) is 0 Å². The van der Waals surface area contributed by atoms with E-state index in [1.165, 1.54) is 0 Å². The van der Waals surface area contributed by atoms with Crippen LogP contribution in [0.3, 0.4) is 0 Å². The predicted octanol–water partition coefficient (Wildman–Crippen LogP) is 3.60. The smallest absolute Gasteiger partial charge is 0.240 e. The summed E-state index contributed by atoms with van der Waals surface area (Å²) >= 11 is 5.95. The predicted molar refractivity (Wildman–Crippen MR) is 79.5 cm³/mol. The first kappa shape index (κ1) is 13.9. The fourth-order valence-electron chi connectivity index (χ4n) is 1.97. The van der Waals surface area contributed by atoms with Crippen molar-refractivity contribution >= 4 is 28.4 Å². The number of nitrogens with one attached hydrogen (secondary N) is 1. The monoisotopic (exact) mass is 278 g/mol. The summed E-state index contributed by atoms with van der Waals surface area (Å²) in [5.41, 5.74) is 0.859. The summed E-state index contributed by atoms with van der Waals surface area (Å²) in [5.74, 6) is 0.0271. The van der Waals surface area contributed by atoms with Crippen LogP contribution >= 0.6 is 11.6 Å². The molecule has 2 rings (SSSR count). The number of carbonyl (C=O) groups is 1. The third-order valence-electron chi connectivity index (χ3n) is 3.41. The number of hydrogen-bond acceptors (Lipinski definition) is 1. The van der Waals surface area contributed by atoms with Crippen LogP contribution in [0.5, 0.6) is 0 Å². The number of hydrogen-bond donors (Lipinski definition) is 1. The first-order valence-electron chi connectivity index (χ1n) is 6.47. The Morgan fingerprint density at radius 1 is 1.37 bits per heavy atom. The zero-order valence-electron chi connectivity index (χ0n) is 11.5. The minimum Gasteiger partial charge on any atom is -0.350 e. The first-order chi connectivity index (χ1) is 8.91. The molecule has 0 unspecified atom stereocenters. The van der Waals surface area contributed by atoms with Gasteiger partial charge in [-0.15, -0.1) is 0 Å². The number of benzene rings is 1. The van der Waals surface area contributed by atoms with Gasteiger partial charge in [0, 0.05) is 27.7 Å². The second-order valence-corrected chi connectivity index (χ2v) is 5.87. The summed E-state index contributed by atoms with van der Waals surface area (Å²) < 4.78 is 1.94. The Hall–Kier alpha value is -1.48. The van der Waals surface area contributed by atoms with E-state index in [4.69, 9.17) is 11.6 Å². The molecular weight excluding hydrogens is 260 g/mol. The van der Waals surface area contributed by atoms with E-state index in [0.717, 1.165) is 17.3 Å². The van der Waals surface area contributed by atoms with Crippen LogP contribution in [0.4, 0.5) is 0 Å². The molecule has 0 saturated heterocycles. The van der Waals surface area contributed by atoms with Gasteiger partial charge in [-0.3, -0.25) is 4.79 Å². The summed E-state index contributed by atoms with van der Waals surface area (Å²) in [7, 11) is 0. The van der Waals surface area contributed by atoms with Crippen molar-refractivity contribution in [3.8, 4) is 0 Å². The van der Waals surface area contributed by atoms with Gasteiger partial charge in [0.1, 0.15) is 6.54 Å². The van der Waals surface area contributed by atoms with E-state index in [1.807, 2.05) is 48.9 Å². The van der Waals surface area contributed by atoms with Gasteiger partial charge in [-0.25, -0.2) is 0 Å². The van der Waals surface area contributed by atoms with Crippen LogP contribution in [0.2, 0.25) is 5.02 Å². The average molecular weight is 279 g/mol. The Balaban J connectivity index is 2.16. The zero-order chi connectivity index (χ0) is 14.0. The number of carbonyl (C=O) groups excluding carboxylic acids is 1. The summed E-state index contributed by atoms with van der Waals surface area (Å²) in [6, 6.07) is 7.66. The highest BCUT2D eigenvalue weighted by atomic mass is 35.5. The topological polar surface area (TPSA) is 34.0 Å². The molecule has 0 aliphatic rings. The highest BCUT2D eigenvalue weighted by Gasteiger charge is 2.18. The number of amides is 1.